The molecule has 2 rings (SSSR count). The lowest BCUT2D eigenvalue weighted by atomic mass is 9.91. The molecule has 0 aromatic heterocycles. The normalized spacial score (nSPS) is 10.7. The van der Waals surface area contributed by atoms with E-state index in [0.29, 0.717) is 6.61 Å². The molecule has 0 atom stereocenters. The Kier molecular flexibility index (Phi) is 5.69. The smallest absolute Gasteiger partial charge is 0.136 e. The van der Waals surface area contributed by atoms with E-state index >= 15 is 0 Å². The number of ether oxygens (including phenoxy) is 1. The zero-order valence-electron chi connectivity index (χ0n) is 13.3. The summed E-state index contributed by atoms with van der Waals surface area (Å²) in [5, 5.41) is 0. The predicted molar refractivity (Wildman–Crippen MR) is 95.9 cm³/mol. The third kappa shape index (κ3) is 4.64. The standard InChI is InChI=1S/C20H21BrO/c1-4-20(2,3)14-13-17-18(21)11-8-12-19(17)22-15-16-9-6-5-7-10-16/h5-12H,4,15H2,1-3H3. The van der Waals surface area contributed by atoms with E-state index < -0.39 is 0 Å². The van der Waals surface area contributed by atoms with Gasteiger partial charge in [-0.05, 0) is 53.9 Å². The molecule has 2 aromatic rings. The summed E-state index contributed by atoms with van der Waals surface area (Å²) in [7, 11) is 0. The molecule has 0 fully saturated rings. The van der Waals surface area contributed by atoms with Crippen molar-refractivity contribution in [3.8, 4) is 17.6 Å². The zero-order chi connectivity index (χ0) is 16.0. The molecule has 0 heterocycles. The van der Waals surface area contributed by atoms with Crippen molar-refractivity contribution in [2.24, 2.45) is 5.41 Å². The van der Waals surface area contributed by atoms with Crippen LogP contribution in [-0.2, 0) is 6.61 Å². The van der Waals surface area contributed by atoms with Gasteiger partial charge in [0, 0.05) is 9.89 Å². The summed E-state index contributed by atoms with van der Waals surface area (Å²) >= 11 is 3.58. The van der Waals surface area contributed by atoms with E-state index in [0.717, 1.165) is 27.8 Å². The van der Waals surface area contributed by atoms with Crippen molar-refractivity contribution in [3.63, 3.8) is 0 Å². The van der Waals surface area contributed by atoms with Crippen molar-refractivity contribution in [2.45, 2.75) is 33.8 Å². The molecule has 2 aromatic carbocycles. The second-order valence-corrected chi connectivity index (χ2v) is 6.73. The Morgan fingerprint density at radius 1 is 1.05 bits per heavy atom. The highest BCUT2D eigenvalue weighted by molar-refractivity contribution is 9.10. The van der Waals surface area contributed by atoms with Crippen LogP contribution in [0.5, 0.6) is 5.75 Å². The van der Waals surface area contributed by atoms with Crippen molar-refractivity contribution in [3.05, 3.63) is 64.1 Å². The van der Waals surface area contributed by atoms with E-state index in [2.05, 4.69) is 60.7 Å². The van der Waals surface area contributed by atoms with E-state index in [1.54, 1.807) is 0 Å². The molecule has 2 heteroatoms. The average molecular weight is 357 g/mol. The number of rotatable bonds is 4. The van der Waals surface area contributed by atoms with Gasteiger partial charge in [0.15, 0.2) is 0 Å². The van der Waals surface area contributed by atoms with Gasteiger partial charge in [-0.25, -0.2) is 0 Å². The number of benzene rings is 2. The van der Waals surface area contributed by atoms with Gasteiger partial charge in [0.2, 0.25) is 0 Å². The Labute approximate surface area is 141 Å². The monoisotopic (exact) mass is 356 g/mol. The lowest BCUT2D eigenvalue weighted by molar-refractivity contribution is 0.305. The molecule has 0 bridgehead atoms. The molecule has 114 valence electrons. The number of halogens is 1. The van der Waals surface area contributed by atoms with E-state index in [4.69, 9.17) is 4.74 Å². The third-order valence-corrected chi connectivity index (χ3v) is 4.28. The molecule has 0 saturated carbocycles. The molecule has 0 unspecified atom stereocenters. The van der Waals surface area contributed by atoms with Gasteiger partial charge in [0.05, 0.1) is 5.56 Å². The maximum absolute atomic E-state index is 5.97. The van der Waals surface area contributed by atoms with Crippen LogP contribution in [-0.4, -0.2) is 0 Å². The summed E-state index contributed by atoms with van der Waals surface area (Å²) in [6.07, 6.45) is 1.02. The summed E-state index contributed by atoms with van der Waals surface area (Å²) < 4.78 is 6.94. The summed E-state index contributed by atoms with van der Waals surface area (Å²) in [5.74, 6) is 7.45. The third-order valence-electron chi connectivity index (χ3n) is 3.62. The molecule has 0 aliphatic carbocycles. The zero-order valence-corrected chi connectivity index (χ0v) is 14.9. The Bertz CT molecular complexity index is 678. The highest BCUT2D eigenvalue weighted by Gasteiger charge is 2.11. The fourth-order valence-corrected chi connectivity index (χ4v) is 2.25. The Balaban J connectivity index is 2.23. The van der Waals surface area contributed by atoms with Crippen LogP contribution in [0.4, 0.5) is 0 Å². The molecule has 1 nitrogen and oxygen atoms in total. The quantitative estimate of drug-likeness (QED) is 0.627. The summed E-state index contributed by atoms with van der Waals surface area (Å²) in [5.41, 5.74) is 2.07. The van der Waals surface area contributed by atoms with Gasteiger partial charge in [-0.2, -0.15) is 0 Å². The van der Waals surface area contributed by atoms with Crippen molar-refractivity contribution in [2.75, 3.05) is 0 Å². The van der Waals surface area contributed by atoms with Gasteiger partial charge in [-0.1, -0.05) is 55.2 Å². The first-order valence-corrected chi connectivity index (χ1v) is 8.29. The minimum Gasteiger partial charge on any atom is -0.488 e. The number of hydrogen-bond acceptors (Lipinski definition) is 1. The molecule has 0 aliphatic heterocycles. The summed E-state index contributed by atoms with van der Waals surface area (Å²) in [6.45, 7) is 7.01. The lowest BCUT2D eigenvalue weighted by Crippen LogP contribution is -2.05. The van der Waals surface area contributed by atoms with Gasteiger partial charge in [-0.15, -0.1) is 0 Å². The van der Waals surface area contributed by atoms with Crippen LogP contribution in [0.15, 0.2) is 53.0 Å². The second-order valence-electron chi connectivity index (χ2n) is 5.87. The highest BCUT2D eigenvalue weighted by Crippen LogP contribution is 2.27. The van der Waals surface area contributed by atoms with Crippen LogP contribution >= 0.6 is 15.9 Å². The Morgan fingerprint density at radius 2 is 1.77 bits per heavy atom. The van der Waals surface area contributed by atoms with Gasteiger partial charge in [0.25, 0.3) is 0 Å². The maximum Gasteiger partial charge on any atom is 0.136 e. The van der Waals surface area contributed by atoms with Gasteiger partial charge in [-0.3, -0.25) is 0 Å². The van der Waals surface area contributed by atoms with Crippen molar-refractivity contribution >= 4 is 15.9 Å². The molecule has 0 saturated heterocycles. The second kappa shape index (κ2) is 7.51. The predicted octanol–water partition coefficient (Wildman–Crippen LogP) is 5.82. The van der Waals surface area contributed by atoms with Crippen LogP contribution in [0.1, 0.15) is 38.3 Å². The first kappa shape index (κ1) is 16.6. The van der Waals surface area contributed by atoms with Crippen molar-refractivity contribution in [1.29, 1.82) is 0 Å². The van der Waals surface area contributed by atoms with Crippen LogP contribution in [0.25, 0.3) is 0 Å². The van der Waals surface area contributed by atoms with Crippen molar-refractivity contribution in [1.82, 2.24) is 0 Å². The van der Waals surface area contributed by atoms with Crippen LogP contribution in [0.2, 0.25) is 0 Å². The molecule has 0 spiro atoms. The SMILES string of the molecule is CCC(C)(C)C#Cc1c(Br)cccc1OCc1ccccc1. The van der Waals surface area contributed by atoms with Gasteiger partial charge in [0.1, 0.15) is 12.4 Å². The fraction of sp³-hybridized carbons (Fsp3) is 0.300. The molecule has 0 amide bonds. The highest BCUT2D eigenvalue weighted by atomic mass is 79.9. The fourth-order valence-electron chi connectivity index (χ4n) is 1.80. The van der Waals surface area contributed by atoms with Crippen LogP contribution in [0.3, 0.4) is 0 Å². The molecule has 22 heavy (non-hydrogen) atoms. The Hall–Kier alpha value is -1.72. The minimum atomic E-state index is 0.00593. The molecule has 0 aliphatic rings. The maximum atomic E-state index is 5.97. The van der Waals surface area contributed by atoms with Gasteiger partial charge < -0.3 is 4.74 Å². The van der Waals surface area contributed by atoms with Gasteiger partial charge >= 0.3 is 0 Å². The largest absolute Gasteiger partial charge is 0.488 e. The summed E-state index contributed by atoms with van der Waals surface area (Å²) in [6, 6.07) is 16.1. The van der Waals surface area contributed by atoms with Crippen molar-refractivity contribution < 1.29 is 4.74 Å². The first-order valence-electron chi connectivity index (χ1n) is 7.50. The first-order chi connectivity index (χ1) is 10.5. The van der Waals surface area contributed by atoms with Crippen LogP contribution in [0, 0.1) is 17.3 Å². The van der Waals surface area contributed by atoms with E-state index in [1.807, 2.05) is 36.4 Å². The Morgan fingerprint density at radius 3 is 2.45 bits per heavy atom. The average Bonchev–Trinajstić information content (AvgIpc) is 2.53. The number of hydrogen-bond donors (Lipinski definition) is 0. The molecule has 0 radical (unpaired) electrons. The molecule has 0 N–H and O–H groups in total. The van der Waals surface area contributed by atoms with E-state index in [9.17, 15) is 0 Å². The van der Waals surface area contributed by atoms with E-state index in [-0.39, 0.29) is 5.41 Å². The summed E-state index contributed by atoms with van der Waals surface area (Å²) in [4.78, 5) is 0. The minimum absolute atomic E-state index is 0.00593. The van der Waals surface area contributed by atoms with Crippen LogP contribution < -0.4 is 4.74 Å². The van der Waals surface area contributed by atoms with E-state index in [1.165, 1.54) is 0 Å². The lowest BCUT2D eigenvalue weighted by Gasteiger charge is -2.14. The molecular weight excluding hydrogens is 336 g/mol. The topological polar surface area (TPSA) is 9.23 Å². The molecular formula is C20H21BrO.